The van der Waals surface area contributed by atoms with Crippen molar-refractivity contribution in [2.45, 2.75) is 19.3 Å². The minimum atomic E-state index is -4.69. The van der Waals surface area contributed by atoms with Gasteiger partial charge in [0.25, 0.3) is 0 Å². The van der Waals surface area contributed by atoms with Crippen molar-refractivity contribution in [2.24, 2.45) is 0 Å². The number of fused-ring (bicyclic) bond motifs is 11. The summed E-state index contributed by atoms with van der Waals surface area (Å²) >= 11 is 0. The van der Waals surface area contributed by atoms with Crippen LogP contribution in [0.15, 0.2) is 0 Å². The van der Waals surface area contributed by atoms with Gasteiger partial charge in [0.2, 0.25) is 0 Å². The van der Waals surface area contributed by atoms with Crippen molar-refractivity contribution in [1.29, 1.82) is 5.26 Å². The largest absolute Gasteiger partial charge is 0.305 e. The molecule has 0 saturated carbocycles. The molecule has 0 aliphatic carbocycles. The number of hydrogen-bond donors (Lipinski definition) is 2. The van der Waals surface area contributed by atoms with Crippen molar-refractivity contribution < 1.29 is 74.8 Å². The summed E-state index contributed by atoms with van der Waals surface area (Å²) in [6.45, 7) is 12.9. The van der Waals surface area contributed by atoms with Gasteiger partial charge in [-0.05, 0) is 46.1 Å². The van der Waals surface area contributed by atoms with Crippen LogP contribution in [0.1, 0.15) is 19.3 Å². The molecule has 13 nitrogen and oxygen atoms in total. The molecule has 1 radical (unpaired) electrons. The van der Waals surface area contributed by atoms with E-state index in [1.807, 2.05) is 0 Å². The molecule has 16 heteroatoms. The molecule has 3 aliphatic heterocycles. The van der Waals surface area contributed by atoms with Crippen LogP contribution in [0.5, 0.6) is 0 Å². The fraction of sp³-hybridized carbons (Fsp3) is 0.938. The van der Waals surface area contributed by atoms with Crippen LogP contribution in [0.4, 0.5) is 0 Å². The predicted molar refractivity (Wildman–Crippen MR) is 90.7 cm³/mol. The topological polar surface area (TPSA) is 216 Å². The molecular formula is C16H33Cl2CuN5O8. The first-order chi connectivity index (χ1) is 14.3. The smallest absolute Gasteiger partial charge is 0.0777 e. The van der Waals surface area contributed by atoms with Crippen LogP contribution < -0.4 is 28.0 Å². The third-order valence-electron chi connectivity index (χ3n) is 4.77. The molecule has 0 aromatic heterocycles. The Labute approximate surface area is 204 Å². The van der Waals surface area contributed by atoms with E-state index in [0.717, 1.165) is 26.2 Å². The molecule has 0 spiro atoms. The molecule has 0 atom stereocenters. The van der Waals surface area contributed by atoms with Crippen molar-refractivity contribution in [1.82, 2.24) is 19.6 Å². The molecule has 3 fully saturated rings. The summed E-state index contributed by atoms with van der Waals surface area (Å²) in [7, 11) is -7.16. The number of hydrogen-bond acceptors (Lipinski definition) is 13. The summed E-state index contributed by atoms with van der Waals surface area (Å²) in [5.41, 5.74) is 0. The molecule has 195 valence electrons. The Kier molecular flexibility index (Phi) is 19.8. The molecule has 2 N–H and O–H groups in total. The van der Waals surface area contributed by atoms with Crippen molar-refractivity contribution >= 4 is 0 Å². The average Bonchev–Trinajstić information content (AvgIpc) is 2.61. The predicted octanol–water partition coefficient (Wildman–Crippen LogP) is -7.71. The molecule has 32 heavy (non-hydrogen) atoms. The Morgan fingerprint density at radius 1 is 0.719 bits per heavy atom. The molecule has 3 aliphatic rings. The quantitative estimate of drug-likeness (QED) is 0.302. The normalized spacial score (nSPS) is 23.9. The van der Waals surface area contributed by atoms with Crippen LogP contribution in [0, 0.1) is 31.8 Å². The van der Waals surface area contributed by atoms with E-state index < -0.39 is 20.5 Å². The number of nitriles is 1. The van der Waals surface area contributed by atoms with Crippen molar-refractivity contribution in [2.75, 3.05) is 79.0 Å². The molecular weight excluding hydrogens is 525 g/mol. The fourth-order valence-electron chi connectivity index (χ4n) is 3.29. The van der Waals surface area contributed by atoms with E-state index in [2.05, 4.69) is 32.7 Å². The van der Waals surface area contributed by atoms with Gasteiger partial charge in [-0.3, -0.25) is 0 Å². The number of halogens is 2. The fourth-order valence-corrected chi connectivity index (χ4v) is 3.29. The van der Waals surface area contributed by atoms with Crippen molar-refractivity contribution in [3.63, 3.8) is 0 Å². The minimum absolute atomic E-state index is 0. The number of piperazine rings is 1. The average molecular weight is 558 g/mol. The van der Waals surface area contributed by atoms with E-state index >= 15 is 0 Å². The molecule has 0 aromatic carbocycles. The van der Waals surface area contributed by atoms with Gasteiger partial charge in [0.1, 0.15) is 0 Å². The van der Waals surface area contributed by atoms with Crippen molar-refractivity contribution in [3.05, 3.63) is 0 Å². The Balaban J connectivity index is 0. The third-order valence-corrected chi connectivity index (χ3v) is 4.77. The Hall–Kier alpha value is 0.109. The molecule has 0 aromatic rings. The molecule has 0 unspecified atom stereocenters. The van der Waals surface area contributed by atoms with Crippen molar-refractivity contribution in [3.8, 4) is 6.07 Å². The van der Waals surface area contributed by atoms with Crippen LogP contribution in [-0.4, -0.2) is 108 Å². The molecule has 0 amide bonds. The van der Waals surface area contributed by atoms with Gasteiger partial charge in [-0.1, -0.05) is 0 Å². The van der Waals surface area contributed by atoms with Gasteiger partial charge in [0.15, 0.2) is 0 Å². The van der Waals surface area contributed by atoms with Gasteiger partial charge in [-0.2, -0.15) is 33.2 Å². The van der Waals surface area contributed by atoms with E-state index in [1.54, 1.807) is 0 Å². The first kappa shape index (κ1) is 34.3. The second-order valence-corrected chi connectivity index (χ2v) is 8.82. The standard InChI is InChI=1S/C16H31N5.2ClHO4.Cu/c1-18-6-3-8-20-13-15-21(16-14-20)10-4-9-19(12-11-18)7-2-5-17;2*2-1(3,4)5;/h2-4,6-16H2,1H3;2*(H,2,3,4,5);. The molecule has 3 heterocycles. The second kappa shape index (κ2) is 18.4. The molecule has 2 bridgehead atoms. The third kappa shape index (κ3) is 26.4. The molecule has 3 rings (SSSR count). The zero-order valence-corrected chi connectivity index (χ0v) is 20.5. The number of likely N-dealkylation sites (N-methyl/N-ethyl adjacent to an activating group) is 1. The van der Waals surface area contributed by atoms with Gasteiger partial charge in [0.05, 0.1) is 35.9 Å². The van der Waals surface area contributed by atoms with Gasteiger partial charge in [-0.25, -0.2) is 0 Å². The number of rotatable bonds is 2. The SMILES string of the molecule is CN1CCCN2CCN(CCCN(CCC#N)CC1)CC2.[Cu].[O-][Cl+3]([O-])([O-])O.[O-][Cl+3]([O-])([O-])O. The Morgan fingerprint density at radius 2 is 1.12 bits per heavy atom. The van der Waals surface area contributed by atoms with Crippen LogP contribution in [-0.2, 0) is 17.1 Å². The van der Waals surface area contributed by atoms with Gasteiger partial charge < -0.3 is 19.6 Å². The van der Waals surface area contributed by atoms with Crippen LogP contribution in [0.2, 0.25) is 0 Å². The summed E-state index contributed by atoms with van der Waals surface area (Å²) < 4.78 is 65.4. The Morgan fingerprint density at radius 3 is 1.53 bits per heavy atom. The summed E-state index contributed by atoms with van der Waals surface area (Å²) in [5.74, 6) is 0. The van der Waals surface area contributed by atoms with E-state index in [1.165, 1.54) is 58.7 Å². The van der Waals surface area contributed by atoms with E-state index in [4.69, 9.17) is 42.5 Å². The van der Waals surface area contributed by atoms with Gasteiger partial charge in [-0.15, -0.1) is 0 Å². The minimum Gasteiger partial charge on any atom is -0.305 e. The van der Waals surface area contributed by atoms with E-state index in [9.17, 15) is 0 Å². The van der Waals surface area contributed by atoms with Crippen LogP contribution >= 0.6 is 0 Å². The zero-order valence-electron chi connectivity index (χ0n) is 18.0. The summed E-state index contributed by atoms with van der Waals surface area (Å²) in [5, 5.41) is 8.81. The van der Waals surface area contributed by atoms with Crippen LogP contribution in [0.3, 0.4) is 0 Å². The molecule has 3 saturated heterocycles. The summed E-state index contributed by atoms with van der Waals surface area (Å²) in [6.07, 6.45) is 3.16. The zero-order chi connectivity index (χ0) is 23.9. The first-order valence-electron chi connectivity index (χ1n) is 9.77. The number of nitrogens with zero attached hydrogens (tertiary/aromatic N) is 5. The maximum absolute atomic E-state index is 8.81. The Bertz CT molecular complexity index is 478. The maximum atomic E-state index is 8.81. The monoisotopic (exact) mass is 556 g/mol. The summed E-state index contributed by atoms with van der Waals surface area (Å²) in [4.78, 5) is 10.1. The summed E-state index contributed by atoms with van der Waals surface area (Å²) in [6, 6.07) is 2.29. The maximum Gasteiger partial charge on any atom is 0.0777 e. The van der Waals surface area contributed by atoms with E-state index in [-0.39, 0.29) is 17.1 Å². The van der Waals surface area contributed by atoms with Crippen LogP contribution in [0.25, 0.3) is 0 Å². The van der Waals surface area contributed by atoms with E-state index in [0.29, 0.717) is 6.42 Å². The first-order valence-corrected chi connectivity index (χ1v) is 12.3. The second-order valence-electron chi connectivity index (χ2n) is 7.24. The van der Waals surface area contributed by atoms with Gasteiger partial charge in [0, 0.05) is 69.3 Å². The van der Waals surface area contributed by atoms with Gasteiger partial charge >= 0.3 is 0 Å².